The summed E-state index contributed by atoms with van der Waals surface area (Å²) in [4.78, 5) is 27.1. The average molecular weight is 379 g/mol. The Morgan fingerprint density at radius 1 is 1.39 bits per heavy atom. The van der Waals surface area contributed by atoms with Crippen LogP contribution in [0.25, 0.3) is 0 Å². The van der Waals surface area contributed by atoms with Gasteiger partial charge < -0.3 is 20.7 Å². The molecule has 3 N–H and O–H groups in total. The Morgan fingerprint density at radius 3 is 2.79 bits per heavy atom. The number of benzene rings is 1. The first-order valence-corrected chi connectivity index (χ1v) is 8.86. The maximum Gasteiger partial charge on any atom is 0.311 e. The minimum Gasteiger partial charge on any atom is -0.446 e. The van der Waals surface area contributed by atoms with Gasteiger partial charge in [-0.25, -0.2) is 0 Å². The van der Waals surface area contributed by atoms with E-state index in [2.05, 4.69) is 5.32 Å². The molecule has 5 rings (SSSR count). The monoisotopic (exact) mass is 379 g/mol. The zero-order chi connectivity index (χ0) is 20.1. The first-order valence-electron chi connectivity index (χ1n) is 8.86. The molecule has 0 saturated carbocycles. The van der Waals surface area contributed by atoms with Gasteiger partial charge in [-0.15, -0.1) is 0 Å². The van der Waals surface area contributed by atoms with Gasteiger partial charge in [-0.1, -0.05) is 38.1 Å². The molecular weight excluding hydrogens is 362 g/mol. The van der Waals surface area contributed by atoms with Crippen molar-refractivity contribution in [3.8, 4) is 6.07 Å². The third-order valence-corrected chi connectivity index (χ3v) is 6.11. The van der Waals surface area contributed by atoms with Crippen molar-refractivity contribution in [2.75, 3.05) is 13.1 Å². The largest absolute Gasteiger partial charge is 0.446 e. The minimum absolute atomic E-state index is 0.207. The van der Waals surface area contributed by atoms with E-state index < -0.39 is 21.8 Å². The number of nitriles is 1. The number of nitrogens with one attached hydrogen (secondary N) is 1. The van der Waals surface area contributed by atoms with E-state index in [1.165, 1.54) is 0 Å². The molecule has 1 aliphatic carbocycles. The lowest BCUT2D eigenvalue weighted by Gasteiger charge is -2.47. The summed E-state index contributed by atoms with van der Waals surface area (Å²) in [7, 11) is 0. The summed E-state index contributed by atoms with van der Waals surface area (Å²) in [5.41, 5.74) is 2.48. The smallest absolute Gasteiger partial charge is 0.311 e. The summed E-state index contributed by atoms with van der Waals surface area (Å²) < 4.78 is 6.09. The lowest BCUT2D eigenvalue weighted by atomic mass is 9.71. The standard InChI is InChI=1S/C19H17N5O4/c1-17(2)8-22-16-13(24(26)27)18-12(7-20)15(21)28-19(18,23(16)9-17)11-6-4-3-5-10(11)14(18)25/h3-6,22H,8-9,21H2,1-2H3/t18-,19-/m1/s1. The number of Topliss-reactive ketones (excluding diaryl/α,β-unsaturated/α-hetero) is 1. The number of ketones is 1. The highest BCUT2D eigenvalue weighted by atomic mass is 16.6. The molecule has 1 aromatic carbocycles. The van der Waals surface area contributed by atoms with Crippen molar-refractivity contribution < 1.29 is 14.5 Å². The van der Waals surface area contributed by atoms with Crippen LogP contribution in [0.4, 0.5) is 0 Å². The lowest BCUT2D eigenvalue weighted by molar-refractivity contribution is -0.438. The quantitative estimate of drug-likeness (QED) is 0.548. The third-order valence-electron chi connectivity index (χ3n) is 6.11. The molecule has 142 valence electrons. The number of carbonyl (C=O) groups excluding carboxylic acids is 1. The van der Waals surface area contributed by atoms with Crippen molar-refractivity contribution in [1.29, 1.82) is 5.26 Å². The SMILES string of the molecule is CC1(C)CNC2=C([N+](=O)[O-])[C@]34C(=O)c5ccccc5[C@]3(OC(N)=C4C#N)N2C1. The molecule has 9 heteroatoms. The minimum atomic E-state index is -1.93. The van der Waals surface area contributed by atoms with Crippen LogP contribution in [-0.2, 0) is 10.5 Å². The summed E-state index contributed by atoms with van der Waals surface area (Å²) in [6.45, 7) is 4.90. The van der Waals surface area contributed by atoms with Crippen LogP contribution in [0, 0.1) is 32.3 Å². The normalized spacial score (nSPS) is 31.5. The van der Waals surface area contributed by atoms with E-state index in [9.17, 15) is 20.2 Å². The van der Waals surface area contributed by atoms with Crippen LogP contribution in [0.15, 0.2) is 47.2 Å². The fourth-order valence-electron chi connectivity index (χ4n) is 5.14. The Hall–Kier alpha value is -3.54. The van der Waals surface area contributed by atoms with Crippen LogP contribution < -0.4 is 11.1 Å². The fourth-order valence-corrected chi connectivity index (χ4v) is 5.14. The van der Waals surface area contributed by atoms with Crippen LogP contribution in [0.5, 0.6) is 0 Å². The van der Waals surface area contributed by atoms with E-state index in [-0.39, 0.29) is 28.4 Å². The number of rotatable bonds is 1. The highest BCUT2D eigenvalue weighted by Crippen LogP contribution is 2.70. The van der Waals surface area contributed by atoms with Crippen LogP contribution >= 0.6 is 0 Å². The van der Waals surface area contributed by atoms with Crippen LogP contribution in [0.3, 0.4) is 0 Å². The molecule has 4 aliphatic rings. The number of nitrogens with two attached hydrogens (primary N) is 1. The molecule has 0 amide bonds. The fraction of sp³-hybridized carbons (Fsp3) is 0.368. The molecule has 1 fully saturated rings. The molecule has 3 aliphatic heterocycles. The Kier molecular flexibility index (Phi) is 2.76. The van der Waals surface area contributed by atoms with E-state index in [0.29, 0.717) is 24.2 Å². The van der Waals surface area contributed by atoms with Gasteiger partial charge >= 0.3 is 5.70 Å². The summed E-state index contributed by atoms with van der Waals surface area (Å²) in [5, 5.41) is 25.2. The zero-order valence-electron chi connectivity index (χ0n) is 15.3. The van der Waals surface area contributed by atoms with Gasteiger partial charge in [-0.3, -0.25) is 14.9 Å². The first kappa shape index (κ1) is 16.6. The van der Waals surface area contributed by atoms with Gasteiger partial charge in [-0.2, -0.15) is 5.26 Å². The second-order valence-electron chi connectivity index (χ2n) is 8.28. The van der Waals surface area contributed by atoms with Gasteiger partial charge in [0.1, 0.15) is 11.6 Å². The summed E-state index contributed by atoms with van der Waals surface area (Å²) >= 11 is 0. The highest BCUT2D eigenvalue weighted by Gasteiger charge is 2.85. The summed E-state index contributed by atoms with van der Waals surface area (Å²) in [6.07, 6.45) is 0. The first-order chi connectivity index (χ1) is 13.2. The molecular formula is C19H17N5O4. The number of ether oxygens (including phenoxy) is 1. The number of fused-ring (bicyclic) bond motifs is 2. The van der Waals surface area contributed by atoms with Gasteiger partial charge in [0.05, 0.1) is 4.92 Å². The molecule has 0 radical (unpaired) electrons. The molecule has 0 unspecified atom stereocenters. The Bertz CT molecular complexity index is 1100. The second-order valence-corrected chi connectivity index (χ2v) is 8.28. The molecule has 1 aromatic rings. The van der Waals surface area contributed by atoms with E-state index in [1.54, 1.807) is 29.2 Å². The molecule has 28 heavy (non-hydrogen) atoms. The molecule has 0 bridgehead atoms. The van der Waals surface area contributed by atoms with Gasteiger partial charge in [0, 0.05) is 24.2 Å². The number of hydrogen-bond acceptors (Lipinski definition) is 8. The van der Waals surface area contributed by atoms with Crippen molar-refractivity contribution in [3.63, 3.8) is 0 Å². The molecule has 9 nitrogen and oxygen atoms in total. The maximum absolute atomic E-state index is 13.7. The average Bonchev–Trinajstić information content (AvgIpc) is 3.12. The van der Waals surface area contributed by atoms with Crippen molar-refractivity contribution in [3.05, 3.63) is 68.5 Å². The summed E-state index contributed by atoms with van der Waals surface area (Å²) in [6, 6.07) is 8.69. The Labute approximate surface area is 160 Å². The van der Waals surface area contributed by atoms with Gasteiger partial charge in [0.25, 0.3) is 0 Å². The Balaban J connectivity index is 1.94. The number of nitrogens with zero attached hydrogens (tertiary/aromatic N) is 3. The highest BCUT2D eigenvalue weighted by molar-refractivity contribution is 6.12. The van der Waals surface area contributed by atoms with Gasteiger partial charge in [0.15, 0.2) is 11.6 Å². The molecule has 0 aromatic heterocycles. The van der Waals surface area contributed by atoms with Gasteiger partial charge in [0.2, 0.25) is 17.0 Å². The third kappa shape index (κ3) is 1.45. The van der Waals surface area contributed by atoms with E-state index in [1.807, 2.05) is 19.9 Å². The summed E-state index contributed by atoms with van der Waals surface area (Å²) in [5.74, 6) is -0.562. The van der Waals surface area contributed by atoms with Crippen molar-refractivity contribution in [2.45, 2.75) is 19.6 Å². The molecule has 0 spiro atoms. The van der Waals surface area contributed by atoms with Crippen molar-refractivity contribution in [1.82, 2.24) is 10.2 Å². The number of nitro groups is 1. The Morgan fingerprint density at radius 2 is 2.11 bits per heavy atom. The number of carbonyl (C=O) groups is 1. The molecule has 3 heterocycles. The van der Waals surface area contributed by atoms with E-state index in [0.717, 1.165) is 0 Å². The topological polar surface area (TPSA) is 135 Å². The van der Waals surface area contributed by atoms with E-state index >= 15 is 0 Å². The van der Waals surface area contributed by atoms with Crippen LogP contribution in [-0.4, -0.2) is 28.7 Å². The van der Waals surface area contributed by atoms with Crippen LogP contribution in [0.2, 0.25) is 0 Å². The van der Waals surface area contributed by atoms with Crippen molar-refractivity contribution >= 4 is 5.78 Å². The molecule has 2 atom stereocenters. The maximum atomic E-state index is 13.7. The predicted molar refractivity (Wildman–Crippen MR) is 95.3 cm³/mol. The zero-order valence-corrected chi connectivity index (χ0v) is 15.3. The lowest BCUT2D eigenvalue weighted by Crippen LogP contribution is -2.58. The van der Waals surface area contributed by atoms with E-state index in [4.69, 9.17) is 10.5 Å². The molecule has 1 saturated heterocycles. The second kappa shape index (κ2) is 4.65. The van der Waals surface area contributed by atoms with Gasteiger partial charge in [-0.05, 0) is 5.41 Å². The predicted octanol–water partition coefficient (Wildman–Crippen LogP) is 1.14. The van der Waals surface area contributed by atoms with Crippen molar-refractivity contribution in [2.24, 2.45) is 16.6 Å². The number of hydrogen-bond donors (Lipinski definition) is 2. The van der Waals surface area contributed by atoms with Crippen LogP contribution in [0.1, 0.15) is 29.8 Å².